The molecule has 0 aromatic heterocycles. The molecule has 4 rings (SSSR count). The maximum absolute atomic E-state index is 6.23. The first kappa shape index (κ1) is 15.8. The fourth-order valence-electron chi connectivity index (χ4n) is 3.88. The van der Waals surface area contributed by atoms with Gasteiger partial charge in [0.15, 0.2) is 5.60 Å². The molecule has 0 bridgehead atoms. The molecule has 2 aromatic carbocycles. The molecule has 3 nitrogen and oxygen atoms in total. The molecule has 24 heavy (non-hydrogen) atoms. The zero-order valence-electron chi connectivity index (χ0n) is 13.9. The molecule has 1 heterocycles. The van der Waals surface area contributed by atoms with Crippen LogP contribution in [0.15, 0.2) is 60.7 Å². The highest BCUT2D eigenvalue weighted by atomic mass is 17.2. The van der Waals surface area contributed by atoms with Crippen LogP contribution < -0.4 is 0 Å². The van der Waals surface area contributed by atoms with Crippen molar-refractivity contribution < 1.29 is 14.5 Å². The third-order valence-corrected chi connectivity index (χ3v) is 5.25. The van der Waals surface area contributed by atoms with Crippen LogP contribution in [0, 0.1) is 0 Å². The van der Waals surface area contributed by atoms with Crippen molar-refractivity contribution in [2.75, 3.05) is 6.61 Å². The molecule has 1 saturated carbocycles. The summed E-state index contributed by atoms with van der Waals surface area (Å²) in [5.74, 6) is -0.566. The predicted molar refractivity (Wildman–Crippen MR) is 92.2 cm³/mol. The highest BCUT2D eigenvalue weighted by molar-refractivity contribution is 5.36. The minimum atomic E-state index is -0.622. The lowest BCUT2D eigenvalue weighted by atomic mass is 9.84. The first-order chi connectivity index (χ1) is 11.8. The van der Waals surface area contributed by atoms with Crippen LogP contribution in [0.25, 0.3) is 0 Å². The van der Waals surface area contributed by atoms with Crippen molar-refractivity contribution in [3.05, 3.63) is 71.8 Å². The van der Waals surface area contributed by atoms with Gasteiger partial charge in [-0.15, -0.1) is 0 Å². The number of benzene rings is 2. The van der Waals surface area contributed by atoms with Gasteiger partial charge in [-0.2, -0.15) is 4.89 Å². The third-order valence-electron chi connectivity index (χ3n) is 5.25. The summed E-state index contributed by atoms with van der Waals surface area (Å²) in [4.78, 5) is 12.3. The van der Waals surface area contributed by atoms with Crippen LogP contribution in [-0.2, 0) is 20.1 Å². The fourth-order valence-corrected chi connectivity index (χ4v) is 3.88. The van der Waals surface area contributed by atoms with Gasteiger partial charge in [0.25, 0.3) is 0 Å². The molecule has 0 radical (unpaired) electrons. The van der Waals surface area contributed by atoms with Crippen molar-refractivity contribution in [2.45, 2.75) is 49.9 Å². The van der Waals surface area contributed by atoms with Gasteiger partial charge in [0.1, 0.15) is 0 Å². The Morgan fingerprint density at radius 2 is 1.21 bits per heavy atom. The zero-order valence-corrected chi connectivity index (χ0v) is 13.9. The molecule has 126 valence electrons. The zero-order chi connectivity index (χ0) is 16.3. The van der Waals surface area contributed by atoms with E-state index in [4.69, 9.17) is 14.5 Å². The number of hydrogen-bond donors (Lipinski definition) is 0. The van der Waals surface area contributed by atoms with Crippen LogP contribution >= 0.6 is 0 Å². The molecule has 3 heteroatoms. The maximum Gasteiger partial charge on any atom is 0.201 e. The lowest BCUT2D eigenvalue weighted by Crippen LogP contribution is -2.38. The molecule has 1 saturated heterocycles. The van der Waals surface area contributed by atoms with Gasteiger partial charge in [0, 0.05) is 19.3 Å². The van der Waals surface area contributed by atoms with Crippen LogP contribution in [0.4, 0.5) is 0 Å². The van der Waals surface area contributed by atoms with Crippen molar-refractivity contribution in [1.82, 2.24) is 0 Å². The number of hydrogen-bond acceptors (Lipinski definition) is 3. The second kappa shape index (κ2) is 6.67. The average Bonchev–Trinajstić information content (AvgIpc) is 2.85. The molecular formula is C21H24O3. The quantitative estimate of drug-likeness (QED) is 0.731. The lowest BCUT2D eigenvalue weighted by molar-refractivity contribution is -0.452. The van der Waals surface area contributed by atoms with E-state index in [1.54, 1.807) is 0 Å². The summed E-state index contributed by atoms with van der Waals surface area (Å²) in [6, 6.07) is 20.7. The molecular weight excluding hydrogens is 300 g/mol. The molecule has 1 spiro atoms. The van der Waals surface area contributed by atoms with E-state index < -0.39 is 11.4 Å². The van der Waals surface area contributed by atoms with E-state index in [1.165, 1.54) is 6.42 Å². The van der Waals surface area contributed by atoms with E-state index in [9.17, 15) is 0 Å². The minimum absolute atomic E-state index is 0.566. The van der Waals surface area contributed by atoms with Gasteiger partial charge in [-0.05, 0) is 24.0 Å². The highest BCUT2D eigenvalue weighted by Crippen LogP contribution is 2.44. The molecule has 0 amide bonds. The molecule has 0 atom stereocenters. The first-order valence-corrected chi connectivity index (χ1v) is 8.95. The van der Waals surface area contributed by atoms with E-state index in [-0.39, 0.29) is 0 Å². The average molecular weight is 324 g/mol. The topological polar surface area (TPSA) is 27.7 Å². The van der Waals surface area contributed by atoms with Crippen molar-refractivity contribution in [1.29, 1.82) is 0 Å². The number of rotatable bonds is 2. The summed E-state index contributed by atoms with van der Waals surface area (Å²) in [7, 11) is 0. The SMILES string of the molecule is c1ccc(C2(c3ccccc3)CCOC3(CCCCC3)OO2)cc1. The van der Waals surface area contributed by atoms with Gasteiger partial charge >= 0.3 is 0 Å². The summed E-state index contributed by atoms with van der Waals surface area (Å²) in [5, 5.41) is 0. The van der Waals surface area contributed by atoms with Gasteiger partial charge in [0.05, 0.1) is 6.61 Å². The van der Waals surface area contributed by atoms with Crippen LogP contribution in [-0.4, -0.2) is 12.4 Å². The Labute approximate surface area is 143 Å². The Balaban J connectivity index is 1.72. The molecule has 0 unspecified atom stereocenters. The second-order valence-corrected chi connectivity index (χ2v) is 6.80. The summed E-state index contributed by atoms with van der Waals surface area (Å²) in [5.41, 5.74) is 1.59. The smallest absolute Gasteiger partial charge is 0.201 e. The molecule has 0 N–H and O–H groups in total. The lowest BCUT2D eigenvalue weighted by Gasteiger charge is -2.36. The van der Waals surface area contributed by atoms with Gasteiger partial charge < -0.3 is 4.74 Å². The summed E-state index contributed by atoms with van der Waals surface area (Å²) >= 11 is 0. The van der Waals surface area contributed by atoms with Gasteiger partial charge in [-0.1, -0.05) is 67.1 Å². The second-order valence-electron chi connectivity index (χ2n) is 6.80. The van der Waals surface area contributed by atoms with Crippen molar-refractivity contribution >= 4 is 0 Å². The monoisotopic (exact) mass is 324 g/mol. The predicted octanol–water partition coefficient (Wildman–Crippen LogP) is 4.96. The van der Waals surface area contributed by atoms with Crippen LogP contribution in [0.1, 0.15) is 49.7 Å². The van der Waals surface area contributed by atoms with Crippen molar-refractivity contribution in [3.63, 3.8) is 0 Å². The molecule has 1 aliphatic carbocycles. The first-order valence-electron chi connectivity index (χ1n) is 8.95. The molecule has 2 aliphatic rings. The highest BCUT2D eigenvalue weighted by Gasteiger charge is 2.45. The third kappa shape index (κ3) is 2.88. The van der Waals surface area contributed by atoms with Gasteiger partial charge in [-0.3, -0.25) is 0 Å². The Morgan fingerprint density at radius 3 is 1.79 bits per heavy atom. The van der Waals surface area contributed by atoms with Crippen LogP contribution in [0.5, 0.6) is 0 Å². The Hall–Kier alpha value is -1.68. The van der Waals surface area contributed by atoms with Crippen molar-refractivity contribution in [2.24, 2.45) is 0 Å². The number of ether oxygens (including phenoxy) is 1. The minimum Gasteiger partial charge on any atom is -0.347 e. The normalized spacial score (nSPS) is 22.8. The Morgan fingerprint density at radius 1 is 0.625 bits per heavy atom. The Kier molecular flexibility index (Phi) is 4.40. The van der Waals surface area contributed by atoms with Crippen molar-refractivity contribution in [3.8, 4) is 0 Å². The molecule has 2 aromatic rings. The maximum atomic E-state index is 6.23. The largest absolute Gasteiger partial charge is 0.347 e. The van der Waals surface area contributed by atoms with E-state index in [2.05, 4.69) is 24.3 Å². The fraction of sp³-hybridized carbons (Fsp3) is 0.429. The standard InChI is InChI=1S/C21H24O3/c1-4-10-18(11-5-1)21(19-12-6-2-7-13-19)16-17-22-20(23-24-21)14-8-3-9-15-20/h1-2,4-7,10-13H,3,8-9,14-17H2. The van der Waals surface area contributed by atoms with E-state index in [0.29, 0.717) is 6.61 Å². The van der Waals surface area contributed by atoms with Gasteiger partial charge in [0.2, 0.25) is 5.79 Å². The van der Waals surface area contributed by atoms with E-state index in [1.807, 2.05) is 36.4 Å². The molecule has 1 aliphatic heterocycles. The van der Waals surface area contributed by atoms with Crippen LogP contribution in [0.2, 0.25) is 0 Å². The summed E-state index contributed by atoms with van der Waals surface area (Å²) in [6.07, 6.45) is 6.07. The van der Waals surface area contributed by atoms with E-state index >= 15 is 0 Å². The van der Waals surface area contributed by atoms with Gasteiger partial charge in [-0.25, -0.2) is 4.89 Å². The summed E-state index contributed by atoms with van der Waals surface area (Å²) < 4.78 is 6.18. The van der Waals surface area contributed by atoms with E-state index in [0.717, 1.165) is 43.2 Å². The summed E-state index contributed by atoms with van der Waals surface area (Å²) in [6.45, 7) is 0.629. The Bertz CT molecular complexity index is 608. The van der Waals surface area contributed by atoms with Crippen LogP contribution in [0.3, 0.4) is 0 Å². The molecule has 2 fully saturated rings.